The third kappa shape index (κ3) is 4.88. The van der Waals surface area contributed by atoms with E-state index in [-0.39, 0.29) is 35.8 Å². The van der Waals surface area contributed by atoms with Crippen LogP contribution in [0.1, 0.15) is 43.6 Å². The van der Waals surface area contributed by atoms with Crippen molar-refractivity contribution in [1.82, 2.24) is 9.80 Å². The molecule has 1 saturated heterocycles. The van der Waals surface area contributed by atoms with Crippen LogP contribution in [-0.4, -0.2) is 65.8 Å². The number of non-ortho nitro benzene ring substituents is 1. The molecular formula is C22H23N3O6. The maximum Gasteiger partial charge on any atom is 0.338 e. The zero-order valence-corrected chi connectivity index (χ0v) is 17.4. The fourth-order valence-electron chi connectivity index (χ4n) is 3.44. The highest BCUT2D eigenvalue weighted by atomic mass is 16.6. The van der Waals surface area contributed by atoms with Crippen molar-refractivity contribution in [2.45, 2.75) is 13.3 Å². The molecule has 9 heteroatoms. The van der Waals surface area contributed by atoms with Gasteiger partial charge in [0.05, 0.1) is 17.6 Å². The molecule has 2 aromatic rings. The van der Waals surface area contributed by atoms with Gasteiger partial charge in [0.1, 0.15) is 0 Å². The molecule has 0 aliphatic carbocycles. The first kappa shape index (κ1) is 21.9. The summed E-state index contributed by atoms with van der Waals surface area (Å²) < 4.78 is 4.62. The number of carbonyl (C=O) groups is 3. The molecule has 0 atom stereocenters. The fraction of sp³-hybridized carbons (Fsp3) is 0.318. The first-order chi connectivity index (χ1) is 14.8. The fourth-order valence-corrected chi connectivity index (χ4v) is 3.44. The second-order valence-corrected chi connectivity index (χ2v) is 7.15. The number of nitro benzene ring substituents is 1. The number of piperazine rings is 1. The van der Waals surface area contributed by atoms with E-state index in [0.29, 0.717) is 18.7 Å². The van der Waals surface area contributed by atoms with Crippen LogP contribution in [0.3, 0.4) is 0 Å². The standard InChI is InChI=1S/C22H23N3O6/c1-3-15-4-6-16(7-5-15)20(26)23-8-10-24(11-9-23)21(27)17-12-18(22(28)31-2)14-19(13-17)25(29)30/h4-7,12-14H,3,8-11H2,1-2H3. The molecule has 9 nitrogen and oxygen atoms in total. The number of nitro groups is 1. The molecule has 2 aromatic carbocycles. The Morgan fingerprint density at radius 2 is 1.42 bits per heavy atom. The number of ether oxygens (including phenoxy) is 1. The van der Waals surface area contributed by atoms with Gasteiger partial charge in [0.15, 0.2) is 0 Å². The Hall–Kier alpha value is -3.75. The Morgan fingerprint density at radius 3 is 1.90 bits per heavy atom. The molecule has 1 heterocycles. The van der Waals surface area contributed by atoms with Crippen molar-refractivity contribution >= 4 is 23.5 Å². The van der Waals surface area contributed by atoms with Crippen LogP contribution in [0.25, 0.3) is 0 Å². The summed E-state index contributed by atoms with van der Waals surface area (Å²) in [5, 5.41) is 11.2. The van der Waals surface area contributed by atoms with Crippen molar-refractivity contribution < 1.29 is 24.0 Å². The lowest BCUT2D eigenvalue weighted by molar-refractivity contribution is -0.384. The minimum absolute atomic E-state index is 0.0320. The summed E-state index contributed by atoms with van der Waals surface area (Å²) in [6, 6.07) is 11.0. The molecular weight excluding hydrogens is 402 g/mol. The van der Waals surface area contributed by atoms with Gasteiger partial charge in [-0.3, -0.25) is 19.7 Å². The molecule has 0 radical (unpaired) electrons. The summed E-state index contributed by atoms with van der Waals surface area (Å²) in [5.74, 6) is -1.30. The van der Waals surface area contributed by atoms with E-state index in [9.17, 15) is 24.5 Å². The summed E-state index contributed by atoms with van der Waals surface area (Å²) >= 11 is 0. The lowest BCUT2D eigenvalue weighted by Gasteiger charge is -2.35. The van der Waals surface area contributed by atoms with E-state index in [0.717, 1.165) is 31.2 Å². The van der Waals surface area contributed by atoms with Crippen molar-refractivity contribution in [2.75, 3.05) is 33.3 Å². The van der Waals surface area contributed by atoms with Crippen LogP contribution in [0.5, 0.6) is 0 Å². The predicted octanol–water partition coefficient (Wildman–Crippen LogP) is 2.54. The normalized spacial score (nSPS) is 13.6. The van der Waals surface area contributed by atoms with E-state index in [4.69, 9.17) is 0 Å². The quantitative estimate of drug-likeness (QED) is 0.414. The van der Waals surface area contributed by atoms with Gasteiger partial charge in [-0.1, -0.05) is 19.1 Å². The van der Waals surface area contributed by atoms with Crippen LogP contribution in [0.2, 0.25) is 0 Å². The van der Waals surface area contributed by atoms with Crippen molar-refractivity contribution in [1.29, 1.82) is 0 Å². The molecule has 0 saturated carbocycles. The average molecular weight is 425 g/mol. The van der Waals surface area contributed by atoms with Crippen LogP contribution >= 0.6 is 0 Å². The summed E-state index contributed by atoms with van der Waals surface area (Å²) in [6.07, 6.45) is 0.893. The van der Waals surface area contributed by atoms with Crippen molar-refractivity contribution in [2.24, 2.45) is 0 Å². The van der Waals surface area contributed by atoms with Gasteiger partial charge in [-0.05, 0) is 30.2 Å². The summed E-state index contributed by atoms with van der Waals surface area (Å²) in [5.41, 5.74) is 1.35. The molecule has 0 aromatic heterocycles. The van der Waals surface area contributed by atoms with Crippen LogP contribution in [0, 0.1) is 10.1 Å². The van der Waals surface area contributed by atoms with Gasteiger partial charge < -0.3 is 14.5 Å². The number of nitrogens with zero attached hydrogens (tertiary/aromatic N) is 3. The second kappa shape index (κ2) is 9.38. The third-order valence-corrected chi connectivity index (χ3v) is 5.26. The third-order valence-electron chi connectivity index (χ3n) is 5.26. The van der Waals surface area contributed by atoms with Gasteiger partial charge in [-0.15, -0.1) is 0 Å². The van der Waals surface area contributed by atoms with E-state index in [1.54, 1.807) is 17.0 Å². The zero-order valence-electron chi connectivity index (χ0n) is 17.4. The summed E-state index contributed by atoms with van der Waals surface area (Å²) in [7, 11) is 1.16. The van der Waals surface area contributed by atoms with Crippen molar-refractivity contribution in [3.63, 3.8) is 0 Å². The first-order valence-electron chi connectivity index (χ1n) is 9.89. The maximum atomic E-state index is 12.9. The van der Waals surface area contributed by atoms with Crippen LogP contribution < -0.4 is 0 Å². The van der Waals surface area contributed by atoms with E-state index in [2.05, 4.69) is 4.74 Å². The number of rotatable bonds is 5. The summed E-state index contributed by atoms with van der Waals surface area (Å²) in [4.78, 5) is 51.2. The number of benzene rings is 2. The van der Waals surface area contributed by atoms with Crippen LogP contribution in [0.15, 0.2) is 42.5 Å². The van der Waals surface area contributed by atoms with Gasteiger partial charge >= 0.3 is 5.97 Å². The summed E-state index contributed by atoms with van der Waals surface area (Å²) in [6.45, 7) is 3.31. The van der Waals surface area contributed by atoms with E-state index < -0.39 is 16.8 Å². The highest BCUT2D eigenvalue weighted by Gasteiger charge is 2.27. The zero-order chi connectivity index (χ0) is 22.5. The van der Waals surface area contributed by atoms with Gasteiger partial charge in [0.2, 0.25) is 0 Å². The molecule has 0 unspecified atom stereocenters. The highest BCUT2D eigenvalue weighted by Crippen LogP contribution is 2.20. The lowest BCUT2D eigenvalue weighted by atomic mass is 10.1. The first-order valence-corrected chi connectivity index (χ1v) is 9.89. The Labute approximate surface area is 179 Å². The lowest BCUT2D eigenvalue weighted by Crippen LogP contribution is -2.50. The Bertz CT molecular complexity index is 1010. The molecule has 3 rings (SSSR count). The largest absolute Gasteiger partial charge is 0.465 e. The molecule has 2 amide bonds. The number of hydrogen-bond acceptors (Lipinski definition) is 6. The van der Waals surface area contributed by atoms with Crippen molar-refractivity contribution in [3.05, 3.63) is 74.8 Å². The van der Waals surface area contributed by atoms with Gasteiger partial charge in [-0.25, -0.2) is 4.79 Å². The molecule has 1 aliphatic rings. The Balaban J connectivity index is 1.71. The smallest absolute Gasteiger partial charge is 0.338 e. The Morgan fingerprint density at radius 1 is 0.903 bits per heavy atom. The van der Waals surface area contributed by atoms with Gasteiger partial charge in [0, 0.05) is 49.4 Å². The molecule has 0 bridgehead atoms. The molecule has 0 N–H and O–H groups in total. The maximum absolute atomic E-state index is 12.9. The molecule has 31 heavy (non-hydrogen) atoms. The molecule has 1 aliphatic heterocycles. The highest BCUT2D eigenvalue weighted by molar-refractivity contribution is 5.99. The topological polar surface area (TPSA) is 110 Å². The number of carbonyl (C=O) groups excluding carboxylic acids is 3. The minimum Gasteiger partial charge on any atom is -0.465 e. The van der Waals surface area contributed by atoms with Crippen LogP contribution in [0.4, 0.5) is 5.69 Å². The van der Waals surface area contributed by atoms with Gasteiger partial charge in [0.25, 0.3) is 17.5 Å². The number of hydrogen-bond donors (Lipinski definition) is 0. The van der Waals surface area contributed by atoms with Gasteiger partial charge in [-0.2, -0.15) is 0 Å². The van der Waals surface area contributed by atoms with E-state index in [1.807, 2.05) is 19.1 Å². The number of aryl methyl sites for hydroxylation is 1. The number of methoxy groups -OCH3 is 1. The molecule has 0 spiro atoms. The van der Waals surface area contributed by atoms with Crippen LogP contribution in [-0.2, 0) is 11.2 Å². The molecule has 162 valence electrons. The number of amides is 2. The SMILES string of the molecule is CCc1ccc(C(=O)N2CCN(C(=O)c3cc(C(=O)OC)cc([N+](=O)[O-])c3)CC2)cc1. The monoisotopic (exact) mass is 425 g/mol. The van der Waals surface area contributed by atoms with E-state index in [1.165, 1.54) is 11.0 Å². The van der Waals surface area contributed by atoms with E-state index >= 15 is 0 Å². The predicted molar refractivity (Wildman–Crippen MR) is 112 cm³/mol. The number of esters is 1. The minimum atomic E-state index is -0.762. The second-order valence-electron chi connectivity index (χ2n) is 7.15. The Kier molecular flexibility index (Phi) is 6.64. The van der Waals surface area contributed by atoms with Crippen molar-refractivity contribution in [3.8, 4) is 0 Å². The average Bonchev–Trinajstić information content (AvgIpc) is 2.82. The molecule has 1 fully saturated rings.